The maximum Gasteiger partial charge on any atom is 0.0973 e. The van der Waals surface area contributed by atoms with E-state index in [-0.39, 0.29) is 0 Å². The lowest BCUT2D eigenvalue weighted by Crippen LogP contribution is -1.91. The standard InChI is InChI=1S/C10H21FO/c1-10(11)8-6-4-2-3-5-7-9-12/h10,12H,2-9H2,1H3. The maximum atomic E-state index is 12.3. The first-order chi connectivity index (χ1) is 5.77. The van der Waals surface area contributed by atoms with Crippen molar-refractivity contribution < 1.29 is 9.50 Å². The fourth-order valence-electron chi connectivity index (χ4n) is 1.24. The summed E-state index contributed by atoms with van der Waals surface area (Å²) in [5.74, 6) is 0. The molecule has 1 nitrogen and oxygen atoms in total. The maximum absolute atomic E-state index is 12.3. The van der Waals surface area contributed by atoms with E-state index in [2.05, 4.69) is 0 Å². The van der Waals surface area contributed by atoms with Crippen molar-refractivity contribution in [2.75, 3.05) is 6.61 Å². The summed E-state index contributed by atoms with van der Waals surface area (Å²) in [6.45, 7) is 1.92. The van der Waals surface area contributed by atoms with Crippen LogP contribution in [-0.2, 0) is 0 Å². The summed E-state index contributed by atoms with van der Waals surface area (Å²) in [5.41, 5.74) is 0. The highest BCUT2D eigenvalue weighted by Gasteiger charge is 1.96. The predicted molar refractivity (Wildman–Crippen MR) is 50.0 cm³/mol. The van der Waals surface area contributed by atoms with Crippen LogP contribution >= 0.6 is 0 Å². The molecule has 0 rings (SSSR count). The Morgan fingerprint density at radius 2 is 1.50 bits per heavy atom. The minimum absolute atomic E-state index is 0.307. The molecule has 1 atom stereocenters. The predicted octanol–water partition coefficient (Wildman–Crippen LogP) is 3.07. The first kappa shape index (κ1) is 11.9. The molecular formula is C10H21FO. The van der Waals surface area contributed by atoms with Gasteiger partial charge in [0.25, 0.3) is 0 Å². The van der Waals surface area contributed by atoms with Crippen LogP contribution in [0.1, 0.15) is 51.9 Å². The number of alkyl halides is 1. The van der Waals surface area contributed by atoms with Crippen molar-refractivity contribution in [1.29, 1.82) is 0 Å². The topological polar surface area (TPSA) is 20.2 Å². The monoisotopic (exact) mass is 176 g/mol. The highest BCUT2D eigenvalue weighted by molar-refractivity contribution is 4.49. The SMILES string of the molecule is CC(F)CCCCCCCCO. The Balaban J connectivity index is 2.82. The number of rotatable bonds is 8. The summed E-state index contributed by atoms with van der Waals surface area (Å²) in [4.78, 5) is 0. The third-order valence-electron chi connectivity index (χ3n) is 2.01. The van der Waals surface area contributed by atoms with Crippen molar-refractivity contribution in [3.05, 3.63) is 0 Å². The molecule has 0 saturated carbocycles. The Morgan fingerprint density at radius 3 is 2.00 bits per heavy atom. The second kappa shape index (κ2) is 8.98. The molecule has 1 N–H and O–H groups in total. The van der Waals surface area contributed by atoms with E-state index in [0.717, 1.165) is 25.7 Å². The van der Waals surface area contributed by atoms with Gasteiger partial charge >= 0.3 is 0 Å². The van der Waals surface area contributed by atoms with Crippen molar-refractivity contribution in [2.24, 2.45) is 0 Å². The second-order valence-corrected chi connectivity index (χ2v) is 3.41. The van der Waals surface area contributed by atoms with Crippen LogP contribution < -0.4 is 0 Å². The van der Waals surface area contributed by atoms with Crippen LogP contribution in [0.2, 0.25) is 0 Å². The zero-order valence-electron chi connectivity index (χ0n) is 8.06. The van der Waals surface area contributed by atoms with E-state index >= 15 is 0 Å². The fraction of sp³-hybridized carbons (Fsp3) is 1.00. The molecule has 0 fully saturated rings. The normalized spacial score (nSPS) is 13.2. The van der Waals surface area contributed by atoms with Crippen molar-refractivity contribution in [3.8, 4) is 0 Å². The van der Waals surface area contributed by atoms with Gasteiger partial charge in [-0.1, -0.05) is 32.1 Å². The molecule has 0 heterocycles. The summed E-state index contributed by atoms with van der Waals surface area (Å²) in [6.07, 6.45) is 6.62. The van der Waals surface area contributed by atoms with Gasteiger partial charge in [0.15, 0.2) is 0 Å². The van der Waals surface area contributed by atoms with Gasteiger partial charge in [-0.25, -0.2) is 4.39 Å². The average Bonchev–Trinajstić information content (AvgIpc) is 2.02. The highest BCUT2D eigenvalue weighted by Crippen LogP contribution is 2.09. The summed E-state index contributed by atoms with van der Waals surface area (Å²) in [5, 5.41) is 8.49. The van der Waals surface area contributed by atoms with Gasteiger partial charge in [0, 0.05) is 6.61 Å². The third kappa shape index (κ3) is 9.89. The lowest BCUT2D eigenvalue weighted by atomic mass is 10.1. The largest absolute Gasteiger partial charge is 0.396 e. The number of unbranched alkanes of at least 4 members (excludes halogenated alkanes) is 5. The van der Waals surface area contributed by atoms with E-state index in [1.807, 2.05) is 0 Å². The Kier molecular flexibility index (Phi) is 8.90. The third-order valence-corrected chi connectivity index (χ3v) is 2.01. The van der Waals surface area contributed by atoms with Crippen LogP contribution in [0.3, 0.4) is 0 Å². The lowest BCUT2D eigenvalue weighted by molar-refractivity contribution is 0.282. The zero-order chi connectivity index (χ0) is 9.23. The average molecular weight is 176 g/mol. The molecule has 0 aliphatic heterocycles. The molecule has 0 aromatic heterocycles. The minimum atomic E-state index is -0.637. The van der Waals surface area contributed by atoms with Gasteiger partial charge in [0.2, 0.25) is 0 Å². The van der Waals surface area contributed by atoms with E-state index in [9.17, 15) is 4.39 Å². The minimum Gasteiger partial charge on any atom is -0.396 e. The van der Waals surface area contributed by atoms with Crippen molar-refractivity contribution in [2.45, 2.75) is 58.0 Å². The number of halogens is 1. The molecule has 0 radical (unpaired) electrons. The molecule has 2 heteroatoms. The molecule has 0 aliphatic carbocycles. The summed E-state index contributed by atoms with van der Waals surface area (Å²) < 4.78 is 12.3. The number of hydrogen-bond acceptors (Lipinski definition) is 1. The second-order valence-electron chi connectivity index (χ2n) is 3.41. The number of hydrogen-bond donors (Lipinski definition) is 1. The van der Waals surface area contributed by atoms with Crippen LogP contribution in [0.4, 0.5) is 4.39 Å². The molecule has 1 unspecified atom stereocenters. The molecular weight excluding hydrogens is 155 g/mol. The van der Waals surface area contributed by atoms with Gasteiger partial charge in [-0.05, 0) is 19.8 Å². The first-order valence-corrected chi connectivity index (χ1v) is 5.02. The van der Waals surface area contributed by atoms with Crippen molar-refractivity contribution in [3.63, 3.8) is 0 Å². The van der Waals surface area contributed by atoms with Gasteiger partial charge < -0.3 is 5.11 Å². The van der Waals surface area contributed by atoms with Gasteiger partial charge in [0.05, 0.1) is 6.17 Å². The van der Waals surface area contributed by atoms with Gasteiger partial charge in [-0.15, -0.1) is 0 Å². The van der Waals surface area contributed by atoms with E-state index in [1.165, 1.54) is 12.8 Å². The quantitative estimate of drug-likeness (QED) is 0.563. The van der Waals surface area contributed by atoms with E-state index < -0.39 is 6.17 Å². The molecule has 0 aromatic rings. The van der Waals surface area contributed by atoms with Gasteiger partial charge in [-0.3, -0.25) is 0 Å². The van der Waals surface area contributed by atoms with E-state index in [1.54, 1.807) is 6.92 Å². The van der Waals surface area contributed by atoms with Crippen LogP contribution in [0.15, 0.2) is 0 Å². The highest BCUT2D eigenvalue weighted by atomic mass is 19.1. The summed E-state index contributed by atoms with van der Waals surface area (Å²) >= 11 is 0. The van der Waals surface area contributed by atoms with Crippen molar-refractivity contribution >= 4 is 0 Å². The Bertz CT molecular complexity index is 83.9. The number of aliphatic hydroxyl groups excluding tert-OH is 1. The molecule has 0 amide bonds. The van der Waals surface area contributed by atoms with E-state index in [0.29, 0.717) is 13.0 Å². The van der Waals surface area contributed by atoms with Crippen molar-refractivity contribution in [1.82, 2.24) is 0 Å². The Labute approximate surface area is 75.0 Å². The van der Waals surface area contributed by atoms with Crippen LogP contribution in [0, 0.1) is 0 Å². The summed E-state index contributed by atoms with van der Waals surface area (Å²) in [7, 11) is 0. The molecule has 12 heavy (non-hydrogen) atoms. The fourth-order valence-corrected chi connectivity index (χ4v) is 1.24. The lowest BCUT2D eigenvalue weighted by Gasteiger charge is -2.01. The Hall–Kier alpha value is -0.110. The first-order valence-electron chi connectivity index (χ1n) is 5.02. The summed E-state index contributed by atoms with van der Waals surface area (Å²) in [6, 6.07) is 0. The molecule has 0 saturated heterocycles. The van der Waals surface area contributed by atoms with E-state index in [4.69, 9.17) is 5.11 Å². The molecule has 74 valence electrons. The molecule has 0 spiro atoms. The molecule has 0 aliphatic rings. The van der Waals surface area contributed by atoms with Crippen LogP contribution in [0.25, 0.3) is 0 Å². The smallest absolute Gasteiger partial charge is 0.0973 e. The van der Waals surface area contributed by atoms with Gasteiger partial charge in [0.1, 0.15) is 0 Å². The molecule has 0 bridgehead atoms. The molecule has 0 aromatic carbocycles. The van der Waals surface area contributed by atoms with Gasteiger partial charge in [-0.2, -0.15) is 0 Å². The van der Waals surface area contributed by atoms with Crippen LogP contribution in [0.5, 0.6) is 0 Å². The van der Waals surface area contributed by atoms with Crippen LogP contribution in [-0.4, -0.2) is 17.9 Å². The zero-order valence-corrected chi connectivity index (χ0v) is 8.06. The number of aliphatic hydroxyl groups is 1. The Morgan fingerprint density at radius 1 is 1.00 bits per heavy atom.